The summed E-state index contributed by atoms with van der Waals surface area (Å²) in [6, 6.07) is 25.0. The minimum atomic E-state index is 0.571. The number of hydrogen-bond donors (Lipinski definition) is 2. The van der Waals surface area contributed by atoms with Crippen LogP contribution in [-0.2, 0) is 6.54 Å². The van der Waals surface area contributed by atoms with Gasteiger partial charge < -0.3 is 15.2 Å². The largest absolute Gasteiger partial charge is 0.364 e. The molecule has 5 rings (SSSR count). The first-order chi connectivity index (χ1) is 13.4. The Hall–Kier alpha value is -2.78. The van der Waals surface area contributed by atoms with Gasteiger partial charge in [-0.2, -0.15) is 0 Å². The van der Waals surface area contributed by atoms with E-state index in [4.69, 9.17) is 0 Å². The van der Waals surface area contributed by atoms with E-state index in [1.807, 2.05) is 6.20 Å². The lowest BCUT2D eigenvalue weighted by Crippen LogP contribution is -2.43. The second-order valence-electron chi connectivity index (χ2n) is 7.50. The molecule has 0 amide bonds. The number of nitrogens with one attached hydrogen (secondary N) is 2. The molecule has 0 aliphatic carbocycles. The van der Waals surface area contributed by atoms with Crippen LogP contribution in [0, 0.1) is 0 Å². The van der Waals surface area contributed by atoms with E-state index in [1.165, 1.54) is 45.8 Å². The molecule has 3 aromatic carbocycles. The van der Waals surface area contributed by atoms with E-state index >= 15 is 0 Å². The van der Waals surface area contributed by atoms with E-state index in [2.05, 4.69) is 81.9 Å². The van der Waals surface area contributed by atoms with Crippen LogP contribution in [0.3, 0.4) is 0 Å². The highest BCUT2D eigenvalue weighted by Crippen LogP contribution is 2.29. The molecule has 0 atom stereocenters. The van der Waals surface area contributed by atoms with Crippen LogP contribution in [0.15, 0.2) is 72.9 Å². The Bertz CT molecular complexity index is 1050. The zero-order chi connectivity index (χ0) is 18.1. The van der Waals surface area contributed by atoms with Crippen molar-refractivity contribution in [2.24, 2.45) is 0 Å². The maximum atomic E-state index is 3.51. The fraction of sp³-hybridized carbons (Fsp3) is 0.250. The molecule has 2 N–H and O–H groups in total. The Morgan fingerprint density at radius 2 is 1.70 bits per heavy atom. The molecule has 1 aromatic heterocycles. The number of piperidine rings is 1. The van der Waals surface area contributed by atoms with Gasteiger partial charge in [0.05, 0.1) is 0 Å². The van der Waals surface area contributed by atoms with Crippen LogP contribution in [0.25, 0.3) is 21.7 Å². The lowest BCUT2D eigenvalue weighted by molar-refractivity contribution is 0.428. The lowest BCUT2D eigenvalue weighted by Gasteiger charge is -2.37. The van der Waals surface area contributed by atoms with Crippen molar-refractivity contribution in [2.45, 2.75) is 25.4 Å². The summed E-state index contributed by atoms with van der Waals surface area (Å²) >= 11 is 0. The molecule has 136 valence electrons. The Labute approximate surface area is 160 Å². The third-order valence-electron chi connectivity index (χ3n) is 5.84. The molecule has 1 aliphatic rings. The lowest BCUT2D eigenvalue weighted by atomic mass is 10.00. The van der Waals surface area contributed by atoms with Crippen molar-refractivity contribution in [1.29, 1.82) is 0 Å². The first-order valence-corrected chi connectivity index (χ1v) is 9.90. The van der Waals surface area contributed by atoms with Gasteiger partial charge in [-0.1, -0.05) is 42.5 Å². The number of aromatic amines is 1. The highest BCUT2D eigenvalue weighted by Gasteiger charge is 2.22. The summed E-state index contributed by atoms with van der Waals surface area (Å²) in [6.45, 7) is 3.15. The number of nitrogens with zero attached hydrogens (tertiary/aromatic N) is 1. The van der Waals surface area contributed by atoms with Gasteiger partial charge in [0.15, 0.2) is 0 Å². The molecule has 3 nitrogen and oxygen atoms in total. The van der Waals surface area contributed by atoms with Gasteiger partial charge in [0.2, 0.25) is 0 Å². The van der Waals surface area contributed by atoms with Crippen molar-refractivity contribution in [3.05, 3.63) is 78.5 Å². The smallest absolute Gasteiger partial charge is 0.0455 e. The molecule has 0 unspecified atom stereocenters. The zero-order valence-corrected chi connectivity index (χ0v) is 15.5. The normalized spacial score (nSPS) is 15.4. The predicted molar refractivity (Wildman–Crippen MR) is 114 cm³/mol. The van der Waals surface area contributed by atoms with Crippen LogP contribution in [0.2, 0.25) is 0 Å². The fourth-order valence-electron chi connectivity index (χ4n) is 4.38. The van der Waals surface area contributed by atoms with E-state index in [9.17, 15) is 0 Å². The minimum Gasteiger partial charge on any atom is -0.364 e. The second kappa shape index (κ2) is 7.09. The number of anilines is 1. The molecule has 1 saturated heterocycles. The van der Waals surface area contributed by atoms with E-state index in [1.54, 1.807) is 0 Å². The Kier molecular flexibility index (Phi) is 4.30. The standard InChI is InChI=1S/C24H25N3/c1-2-7-23-18(4-1)5-3-6-20(23)17-27(21-11-13-25-14-12-21)22-8-9-24-19(16-22)10-15-26-24/h1-10,15-16,21,25-26H,11-14,17H2. The molecule has 1 aliphatic heterocycles. The quantitative estimate of drug-likeness (QED) is 0.535. The number of fused-ring (bicyclic) bond motifs is 2. The van der Waals surface area contributed by atoms with Crippen molar-refractivity contribution >= 4 is 27.4 Å². The maximum Gasteiger partial charge on any atom is 0.0455 e. The van der Waals surface area contributed by atoms with Gasteiger partial charge in [-0.3, -0.25) is 0 Å². The first-order valence-electron chi connectivity index (χ1n) is 9.90. The first kappa shape index (κ1) is 16.4. The van der Waals surface area contributed by atoms with Gasteiger partial charge in [-0.05, 0) is 66.5 Å². The third-order valence-corrected chi connectivity index (χ3v) is 5.84. The van der Waals surface area contributed by atoms with Crippen molar-refractivity contribution in [1.82, 2.24) is 10.3 Å². The van der Waals surface area contributed by atoms with Crippen molar-refractivity contribution in [3.63, 3.8) is 0 Å². The molecule has 4 aromatic rings. The summed E-state index contributed by atoms with van der Waals surface area (Å²) in [5, 5.41) is 7.47. The topological polar surface area (TPSA) is 31.1 Å². The minimum absolute atomic E-state index is 0.571. The zero-order valence-electron chi connectivity index (χ0n) is 15.5. The molecule has 2 heterocycles. The Morgan fingerprint density at radius 3 is 2.63 bits per heavy atom. The van der Waals surface area contributed by atoms with E-state index in [0.29, 0.717) is 6.04 Å². The maximum absolute atomic E-state index is 3.51. The van der Waals surface area contributed by atoms with E-state index in [-0.39, 0.29) is 0 Å². The number of aromatic nitrogens is 1. The van der Waals surface area contributed by atoms with Crippen LogP contribution in [0.1, 0.15) is 18.4 Å². The van der Waals surface area contributed by atoms with Gasteiger partial charge in [0.25, 0.3) is 0 Å². The van der Waals surface area contributed by atoms with Gasteiger partial charge in [-0.25, -0.2) is 0 Å². The highest BCUT2D eigenvalue weighted by atomic mass is 15.2. The van der Waals surface area contributed by atoms with Crippen LogP contribution in [0.4, 0.5) is 5.69 Å². The second-order valence-corrected chi connectivity index (χ2v) is 7.50. The molecular weight excluding hydrogens is 330 g/mol. The molecule has 3 heteroatoms. The molecule has 27 heavy (non-hydrogen) atoms. The van der Waals surface area contributed by atoms with Gasteiger partial charge in [0, 0.05) is 35.4 Å². The van der Waals surface area contributed by atoms with Crippen LogP contribution in [0.5, 0.6) is 0 Å². The molecule has 0 bridgehead atoms. The van der Waals surface area contributed by atoms with Crippen LogP contribution < -0.4 is 10.2 Å². The summed E-state index contributed by atoms with van der Waals surface area (Å²) < 4.78 is 0. The summed E-state index contributed by atoms with van der Waals surface area (Å²) in [4.78, 5) is 5.93. The van der Waals surface area contributed by atoms with Gasteiger partial charge in [0.1, 0.15) is 0 Å². The van der Waals surface area contributed by atoms with Crippen molar-refractivity contribution in [2.75, 3.05) is 18.0 Å². The Balaban J connectivity index is 1.56. The number of H-pyrrole nitrogens is 1. The molecule has 0 spiro atoms. The summed E-state index contributed by atoms with van der Waals surface area (Å²) in [5.74, 6) is 0. The number of hydrogen-bond acceptors (Lipinski definition) is 2. The van der Waals surface area contributed by atoms with Crippen molar-refractivity contribution < 1.29 is 0 Å². The van der Waals surface area contributed by atoms with Crippen LogP contribution >= 0.6 is 0 Å². The molecule has 0 saturated carbocycles. The fourth-order valence-corrected chi connectivity index (χ4v) is 4.38. The summed E-state index contributed by atoms with van der Waals surface area (Å²) in [7, 11) is 0. The molecule has 1 fully saturated rings. The Morgan fingerprint density at radius 1 is 0.852 bits per heavy atom. The van der Waals surface area contributed by atoms with Crippen LogP contribution in [-0.4, -0.2) is 24.1 Å². The van der Waals surface area contributed by atoms with Crippen molar-refractivity contribution in [3.8, 4) is 0 Å². The monoisotopic (exact) mass is 355 g/mol. The average molecular weight is 355 g/mol. The molecule has 0 radical (unpaired) electrons. The number of benzene rings is 3. The van der Waals surface area contributed by atoms with E-state index < -0.39 is 0 Å². The van der Waals surface area contributed by atoms with Gasteiger partial charge >= 0.3 is 0 Å². The summed E-state index contributed by atoms with van der Waals surface area (Å²) in [6.07, 6.45) is 4.40. The average Bonchev–Trinajstić information content (AvgIpc) is 3.20. The van der Waals surface area contributed by atoms with E-state index in [0.717, 1.165) is 19.6 Å². The SMILES string of the molecule is c1ccc2c(CN(c3ccc4[nH]ccc4c3)C3CCNCC3)cccc2c1. The molecular formula is C24H25N3. The predicted octanol–water partition coefficient (Wildman–Crippen LogP) is 5.08. The highest BCUT2D eigenvalue weighted by molar-refractivity contribution is 5.86. The van der Waals surface area contributed by atoms with Gasteiger partial charge in [-0.15, -0.1) is 0 Å². The third kappa shape index (κ3) is 3.19. The summed E-state index contributed by atoms with van der Waals surface area (Å²) in [5.41, 5.74) is 3.93. The number of rotatable bonds is 4.